The van der Waals surface area contributed by atoms with Crippen molar-refractivity contribution >= 4 is 17.5 Å². The van der Waals surface area contributed by atoms with Gasteiger partial charge in [0.1, 0.15) is 0 Å². The van der Waals surface area contributed by atoms with Crippen LogP contribution in [0, 0.1) is 0 Å². The Morgan fingerprint density at radius 2 is 1.78 bits per heavy atom. The van der Waals surface area contributed by atoms with E-state index in [0.717, 1.165) is 30.9 Å². The highest BCUT2D eigenvalue weighted by Gasteiger charge is 2.36. The molecule has 3 heterocycles. The number of piperazine rings is 1. The second kappa shape index (κ2) is 7.48. The summed E-state index contributed by atoms with van der Waals surface area (Å²) in [7, 11) is 1.78. The third-order valence-corrected chi connectivity index (χ3v) is 5.56. The number of aromatic nitrogens is 1. The summed E-state index contributed by atoms with van der Waals surface area (Å²) in [4.78, 5) is 35.5. The molecule has 6 heteroatoms. The SMILES string of the molecule is CN1C(=O)C[C@H](C(=O)N2CCN(Cc3ccncc3)CC2)c2ccccc21. The lowest BCUT2D eigenvalue weighted by Crippen LogP contribution is -2.50. The van der Waals surface area contributed by atoms with Crippen LogP contribution in [-0.2, 0) is 16.1 Å². The van der Waals surface area contributed by atoms with E-state index in [-0.39, 0.29) is 24.2 Å². The van der Waals surface area contributed by atoms with E-state index in [2.05, 4.69) is 9.88 Å². The Balaban J connectivity index is 1.42. The van der Waals surface area contributed by atoms with E-state index in [9.17, 15) is 9.59 Å². The standard InChI is InChI=1S/C21H24N4O2/c1-23-19-5-3-2-4-17(19)18(14-20(23)26)21(27)25-12-10-24(11-13-25)15-16-6-8-22-9-7-16/h2-9,18H,10-15H2,1H3/t18-/m0/s1. The first-order valence-corrected chi connectivity index (χ1v) is 9.39. The fourth-order valence-corrected chi connectivity index (χ4v) is 3.96. The third kappa shape index (κ3) is 3.57. The van der Waals surface area contributed by atoms with Gasteiger partial charge in [-0.3, -0.25) is 19.5 Å². The first-order chi connectivity index (χ1) is 13.1. The summed E-state index contributed by atoms with van der Waals surface area (Å²) in [6.07, 6.45) is 3.87. The zero-order chi connectivity index (χ0) is 18.8. The van der Waals surface area contributed by atoms with Crippen molar-refractivity contribution in [3.8, 4) is 0 Å². The number of anilines is 1. The average molecular weight is 364 g/mol. The molecule has 0 unspecified atom stereocenters. The molecule has 0 N–H and O–H groups in total. The number of hydrogen-bond donors (Lipinski definition) is 0. The van der Waals surface area contributed by atoms with E-state index in [0.29, 0.717) is 13.1 Å². The van der Waals surface area contributed by atoms with Gasteiger partial charge in [0, 0.05) is 64.3 Å². The van der Waals surface area contributed by atoms with Crippen LogP contribution in [0.1, 0.15) is 23.5 Å². The van der Waals surface area contributed by atoms with Crippen LogP contribution in [0.25, 0.3) is 0 Å². The van der Waals surface area contributed by atoms with Gasteiger partial charge in [-0.25, -0.2) is 0 Å². The molecule has 2 aliphatic heterocycles. The first-order valence-electron chi connectivity index (χ1n) is 9.39. The van der Waals surface area contributed by atoms with E-state index >= 15 is 0 Å². The predicted molar refractivity (Wildman–Crippen MR) is 103 cm³/mol. The molecular weight excluding hydrogens is 340 g/mol. The number of hydrogen-bond acceptors (Lipinski definition) is 4. The summed E-state index contributed by atoms with van der Waals surface area (Å²) in [6.45, 7) is 3.96. The maximum absolute atomic E-state index is 13.2. The molecule has 0 aliphatic carbocycles. The number of nitrogens with zero attached hydrogens (tertiary/aromatic N) is 4. The van der Waals surface area contributed by atoms with Gasteiger partial charge in [0.25, 0.3) is 0 Å². The van der Waals surface area contributed by atoms with Crippen LogP contribution in [0.5, 0.6) is 0 Å². The number of pyridine rings is 1. The zero-order valence-corrected chi connectivity index (χ0v) is 15.5. The molecule has 2 aromatic rings. The van der Waals surface area contributed by atoms with Gasteiger partial charge in [-0.15, -0.1) is 0 Å². The number of benzene rings is 1. The Morgan fingerprint density at radius 1 is 1.07 bits per heavy atom. The monoisotopic (exact) mass is 364 g/mol. The van der Waals surface area contributed by atoms with Crippen LogP contribution in [-0.4, -0.2) is 59.8 Å². The molecule has 140 valence electrons. The van der Waals surface area contributed by atoms with Crippen LogP contribution in [0.2, 0.25) is 0 Å². The number of fused-ring (bicyclic) bond motifs is 1. The van der Waals surface area contributed by atoms with Gasteiger partial charge in [-0.1, -0.05) is 18.2 Å². The van der Waals surface area contributed by atoms with Gasteiger partial charge in [0.15, 0.2) is 0 Å². The van der Waals surface area contributed by atoms with Crippen molar-refractivity contribution in [2.45, 2.75) is 18.9 Å². The smallest absolute Gasteiger partial charge is 0.230 e. The minimum atomic E-state index is -0.364. The molecule has 0 saturated carbocycles. The van der Waals surface area contributed by atoms with Gasteiger partial charge in [0.05, 0.1) is 5.92 Å². The Kier molecular flexibility index (Phi) is 4.90. The lowest BCUT2D eigenvalue weighted by Gasteiger charge is -2.38. The summed E-state index contributed by atoms with van der Waals surface area (Å²) in [5.74, 6) is -0.285. The van der Waals surface area contributed by atoms with E-state index in [4.69, 9.17) is 0 Å². The first kappa shape index (κ1) is 17.7. The minimum absolute atomic E-state index is 0.00312. The highest BCUT2D eigenvalue weighted by molar-refractivity contribution is 6.02. The number of amides is 2. The number of carbonyl (C=O) groups excluding carboxylic acids is 2. The Morgan fingerprint density at radius 3 is 2.52 bits per heavy atom. The molecule has 0 spiro atoms. The normalized spacial score (nSPS) is 20.5. The molecule has 0 bridgehead atoms. The average Bonchev–Trinajstić information content (AvgIpc) is 2.71. The van der Waals surface area contributed by atoms with Crippen LogP contribution in [0.15, 0.2) is 48.8 Å². The van der Waals surface area contributed by atoms with Gasteiger partial charge in [0.2, 0.25) is 11.8 Å². The van der Waals surface area contributed by atoms with Crippen molar-refractivity contribution in [2.75, 3.05) is 38.1 Å². The summed E-state index contributed by atoms with van der Waals surface area (Å²) in [6, 6.07) is 11.8. The molecule has 1 aromatic carbocycles. The minimum Gasteiger partial charge on any atom is -0.340 e. The summed E-state index contributed by atoms with van der Waals surface area (Å²) < 4.78 is 0. The van der Waals surface area contributed by atoms with E-state index in [1.165, 1.54) is 5.56 Å². The zero-order valence-electron chi connectivity index (χ0n) is 15.5. The second-order valence-corrected chi connectivity index (χ2v) is 7.23. The van der Waals surface area contributed by atoms with Crippen LogP contribution < -0.4 is 4.90 Å². The summed E-state index contributed by atoms with van der Waals surface area (Å²) in [5, 5.41) is 0. The largest absolute Gasteiger partial charge is 0.340 e. The number of carbonyl (C=O) groups is 2. The van der Waals surface area contributed by atoms with Crippen molar-refractivity contribution in [2.24, 2.45) is 0 Å². The molecule has 27 heavy (non-hydrogen) atoms. The molecule has 0 radical (unpaired) electrons. The van der Waals surface area contributed by atoms with E-state index in [1.807, 2.05) is 53.7 Å². The Bertz CT molecular complexity index is 831. The number of para-hydroxylation sites is 1. The molecule has 1 fully saturated rings. The maximum Gasteiger partial charge on any atom is 0.230 e. The molecule has 6 nitrogen and oxygen atoms in total. The van der Waals surface area contributed by atoms with Crippen molar-refractivity contribution in [1.82, 2.24) is 14.8 Å². The molecule has 1 saturated heterocycles. The molecule has 4 rings (SSSR count). The van der Waals surface area contributed by atoms with Crippen LogP contribution >= 0.6 is 0 Å². The summed E-state index contributed by atoms with van der Waals surface area (Å²) >= 11 is 0. The number of rotatable bonds is 3. The second-order valence-electron chi connectivity index (χ2n) is 7.23. The molecular formula is C21H24N4O2. The van der Waals surface area contributed by atoms with Gasteiger partial charge >= 0.3 is 0 Å². The predicted octanol–water partition coefficient (Wildman–Crippen LogP) is 1.88. The molecule has 1 aromatic heterocycles. The quantitative estimate of drug-likeness (QED) is 0.834. The Labute approximate surface area is 159 Å². The Hall–Kier alpha value is -2.73. The lowest BCUT2D eigenvalue weighted by molar-refractivity contribution is -0.137. The molecule has 2 amide bonds. The lowest BCUT2D eigenvalue weighted by atomic mass is 9.88. The van der Waals surface area contributed by atoms with E-state index < -0.39 is 0 Å². The van der Waals surface area contributed by atoms with Gasteiger partial charge < -0.3 is 9.80 Å². The van der Waals surface area contributed by atoms with E-state index in [1.54, 1.807) is 11.9 Å². The topological polar surface area (TPSA) is 56.8 Å². The van der Waals surface area contributed by atoms with Gasteiger partial charge in [-0.05, 0) is 29.3 Å². The fourth-order valence-electron chi connectivity index (χ4n) is 3.96. The molecule has 2 aliphatic rings. The van der Waals surface area contributed by atoms with Crippen LogP contribution in [0.3, 0.4) is 0 Å². The van der Waals surface area contributed by atoms with Crippen molar-refractivity contribution in [3.63, 3.8) is 0 Å². The van der Waals surface area contributed by atoms with Gasteiger partial charge in [-0.2, -0.15) is 0 Å². The van der Waals surface area contributed by atoms with Crippen LogP contribution in [0.4, 0.5) is 5.69 Å². The van der Waals surface area contributed by atoms with Crippen molar-refractivity contribution in [1.29, 1.82) is 0 Å². The highest BCUT2D eigenvalue weighted by Crippen LogP contribution is 2.36. The fraction of sp³-hybridized carbons (Fsp3) is 0.381. The summed E-state index contributed by atoms with van der Waals surface area (Å²) in [5.41, 5.74) is 3.05. The van der Waals surface area contributed by atoms with Crippen molar-refractivity contribution in [3.05, 3.63) is 59.9 Å². The van der Waals surface area contributed by atoms with Crippen molar-refractivity contribution < 1.29 is 9.59 Å². The highest BCUT2D eigenvalue weighted by atomic mass is 16.2. The third-order valence-electron chi connectivity index (χ3n) is 5.56. The maximum atomic E-state index is 13.2. The molecule has 1 atom stereocenters.